The van der Waals surface area contributed by atoms with Crippen LogP contribution in [0.2, 0.25) is 5.15 Å². The molecule has 0 radical (unpaired) electrons. The zero-order valence-corrected chi connectivity index (χ0v) is 10.9. The van der Waals surface area contributed by atoms with Gasteiger partial charge in [-0.3, -0.25) is 4.79 Å². The number of hydrogen-bond donors (Lipinski definition) is 0. The predicted octanol–water partition coefficient (Wildman–Crippen LogP) is 2.24. The largest absolute Gasteiger partial charge is 0.473 e. The summed E-state index contributed by atoms with van der Waals surface area (Å²) in [7, 11) is 1.42. The van der Waals surface area contributed by atoms with Crippen molar-refractivity contribution in [3.63, 3.8) is 0 Å². The standard InChI is InChI=1S/C12H15ClN2O3/c1-17-12(16)8-2-4-9(5-3-8)18-11-7-6-10(13)14-15-11/h6-9H,2-5H2,1H3. The number of methoxy groups -OCH3 is 1. The fourth-order valence-electron chi connectivity index (χ4n) is 2.12. The summed E-state index contributed by atoms with van der Waals surface area (Å²) in [6.45, 7) is 0. The van der Waals surface area contributed by atoms with Crippen molar-refractivity contribution in [1.82, 2.24) is 10.2 Å². The van der Waals surface area contributed by atoms with Crippen molar-refractivity contribution in [1.29, 1.82) is 0 Å². The summed E-state index contributed by atoms with van der Waals surface area (Å²) < 4.78 is 10.4. The van der Waals surface area contributed by atoms with Gasteiger partial charge in [0.05, 0.1) is 13.0 Å². The molecule has 1 fully saturated rings. The van der Waals surface area contributed by atoms with E-state index in [1.807, 2.05) is 0 Å². The number of rotatable bonds is 3. The minimum absolute atomic E-state index is 0.00570. The molecule has 0 aliphatic heterocycles. The molecule has 0 N–H and O–H groups in total. The highest BCUT2D eigenvalue weighted by molar-refractivity contribution is 6.29. The molecule has 1 aromatic heterocycles. The Labute approximate surface area is 110 Å². The van der Waals surface area contributed by atoms with Crippen LogP contribution in [0.1, 0.15) is 25.7 Å². The van der Waals surface area contributed by atoms with Crippen LogP contribution in [0.5, 0.6) is 5.88 Å². The third-order valence-electron chi connectivity index (χ3n) is 3.10. The highest BCUT2D eigenvalue weighted by Crippen LogP contribution is 2.27. The average molecular weight is 271 g/mol. The van der Waals surface area contributed by atoms with E-state index in [0.717, 1.165) is 25.7 Å². The Hall–Kier alpha value is -1.36. The number of carbonyl (C=O) groups excluding carboxylic acids is 1. The van der Waals surface area contributed by atoms with Crippen molar-refractivity contribution in [3.8, 4) is 5.88 Å². The van der Waals surface area contributed by atoms with Gasteiger partial charge in [0.25, 0.3) is 0 Å². The van der Waals surface area contributed by atoms with Crippen LogP contribution in [0.4, 0.5) is 0 Å². The Kier molecular flexibility index (Phi) is 4.36. The summed E-state index contributed by atoms with van der Waals surface area (Å²) in [6.07, 6.45) is 3.31. The van der Waals surface area contributed by atoms with Gasteiger partial charge in [-0.25, -0.2) is 0 Å². The molecular formula is C12H15ClN2O3. The summed E-state index contributed by atoms with van der Waals surface area (Å²) in [6, 6.07) is 3.34. The average Bonchev–Trinajstić information content (AvgIpc) is 2.41. The van der Waals surface area contributed by atoms with E-state index in [0.29, 0.717) is 11.0 Å². The van der Waals surface area contributed by atoms with Gasteiger partial charge in [-0.05, 0) is 31.7 Å². The summed E-state index contributed by atoms with van der Waals surface area (Å²) in [5.41, 5.74) is 0. The van der Waals surface area contributed by atoms with E-state index in [1.165, 1.54) is 7.11 Å². The maximum Gasteiger partial charge on any atom is 0.308 e. The lowest BCUT2D eigenvalue weighted by Crippen LogP contribution is -2.28. The molecule has 1 heterocycles. The Bertz CT molecular complexity index is 402. The molecular weight excluding hydrogens is 256 g/mol. The monoisotopic (exact) mass is 270 g/mol. The van der Waals surface area contributed by atoms with Gasteiger partial charge in [-0.15, -0.1) is 10.2 Å². The Morgan fingerprint density at radius 1 is 1.28 bits per heavy atom. The predicted molar refractivity (Wildman–Crippen MR) is 65.4 cm³/mol. The number of aromatic nitrogens is 2. The maximum atomic E-state index is 11.4. The van der Waals surface area contributed by atoms with Crippen molar-refractivity contribution < 1.29 is 14.3 Å². The van der Waals surface area contributed by atoms with Crippen LogP contribution in [-0.2, 0) is 9.53 Å². The molecule has 18 heavy (non-hydrogen) atoms. The lowest BCUT2D eigenvalue weighted by Gasteiger charge is -2.26. The molecule has 0 spiro atoms. The molecule has 0 amide bonds. The molecule has 5 nitrogen and oxygen atoms in total. The Balaban J connectivity index is 1.83. The molecule has 98 valence electrons. The highest BCUT2D eigenvalue weighted by Gasteiger charge is 2.28. The molecule has 1 aliphatic rings. The first-order chi connectivity index (χ1) is 8.69. The van der Waals surface area contributed by atoms with Crippen molar-refractivity contribution in [2.45, 2.75) is 31.8 Å². The van der Waals surface area contributed by atoms with Crippen LogP contribution in [0.25, 0.3) is 0 Å². The van der Waals surface area contributed by atoms with E-state index >= 15 is 0 Å². The van der Waals surface area contributed by atoms with E-state index in [4.69, 9.17) is 21.1 Å². The Morgan fingerprint density at radius 3 is 2.56 bits per heavy atom. The molecule has 1 saturated carbocycles. The molecule has 6 heteroatoms. The number of halogens is 1. The van der Waals surface area contributed by atoms with E-state index < -0.39 is 0 Å². The SMILES string of the molecule is COC(=O)C1CCC(Oc2ccc(Cl)nn2)CC1. The molecule has 0 saturated heterocycles. The second-order valence-electron chi connectivity index (χ2n) is 4.31. The first-order valence-electron chi connectivity index (χ1n) is 5.92. The zero-order valence-electron chi connectivity index (χ0n) is 10.1. The molecule has 1 aliphatic carbocycles. The van der Waals surface area contributed by atoms with Crippen LogP contribution in [0.15, 0.2) is 12.1 Å². The van der Waals surface area contributed by atoms with E-state index in [9.17, 15) is 4.79 Å². The van der Waals surface area contributed by atoms with Crippen molar-refractivity contribution in [2.75, 3.05) is 7.11 Å². The van der Waals surface area contributed by atoms with Gasteiger partial charge in [-0.1, -0.05) is 11.6 Å². The van der Waals surface area contributed by atoms with Crippen molar-refractivity contribution in [2.24, 2.45) is 5.92 Å². The number of hydrogen-bond acceptors (Lipinski definition) is 5. The third kappa shape index (κ3) is 3.32. The molecule has 0 unspecified atom stereocenters. The van der Waals surface area contributed by atoms with Crippen LogP contribution in [-0.4, -0.2) is 29.4 Å². The van der Waals surface area contributed by atoms with Gasteiger partial charge in [0, 0.05) is 6.07 Å². The smallest absolute Gasteiger partial charge is 0.308 e. The lowest BCUT2D eigenvalue weighted by atomic mass is 9.87. The van der Waals surface area contributed by atoms with Gasteiger partial charge < -0.3 is 9.47 Å². The fourth-order valence-corrected chi connectivity index (χ4v) is 2.22. The number of esters is 1. The molecule has 0 aromatic carbocycles. The van der Waals surface area contributed by atoms with Gasteiger partial charge in [0.15, 0.2) is 5.15 Å². The van der Waals surface area contributed by atoms with Crippen LogP contribution in [0.3, 0.4) is 0 Å². The Morgan fingerprint density at radius 2 is 2.00 bits per heavy atom. The van der Waals surface area contributed by atoms with E-state index in [-0.39, 0.29) is 18.0 Å². The van der Waals surface area contributed by atoms with Gasteiger partial charge >= 0.3 is 5.97 Å². The first-order valence-corrected chi connectivity index (χ1v) is 6.30. The molecule has 1 aromatic rings. The number of ether oxygens (including phenoxy) is 2. The van der Waals surface area contributed by atoms with Crippen molar-refractivity contribution >= 4 is 17.6 Å². The second kappa shape index (κ2) is 6.00. The molecule has 0 atom stereocenters. The van der Waals surface area contributed by atoms with Crippen molar-refractivity contribution in [3.05, 3.63) is 17.3 Å². The summed E-state index contributed by atoms with van der Waals surface area (Å²) in [4.78, 5) is 11.4. The van der Waals surface area contributed by atoms with Gasteiger partial charge in [-0.2, -0.15) is 0 Å². The lowest BCUT2D eigenvalue weighted by molar-refractivity contribution is -0.147. The molecule has 0 bridgehead atoms. The van der Waals surface area contributed by atoms with Gasteiger partial charge in [0.1, 0.15) is 6.10 Å². The van der Waals surface area contributed by atoms with E-state index in [1.54, 1.807) is 12.1 Å². The minimum atomic E-state index is -0.125. The van der Waals surface area contributed by atoms with Crippen LogP contribution < -0.4 is 4.74 Å². The normalized spacial score (nSPS) is 23.4. The molecule has 2 rings (SSSR count). The summed E-state index contributed by atoms with van der Waals surface area (Å²) in [5.74, 6) is 0.354. The van der Waals surface area contributed by atoms with E-state index in [2.05, 4.69) is 10.2 Å². The fraction of sp³-hybridized carbons (Fsp3) is 0.583. The highest BCUT2D eigenvalue weighted by atomic mass is 35.5. The number of carbonyl (C=O) groups is 1. The topological polar surface area (TPSA) is 61.3 Å². The maximum absolute atomic E-state index is 11.4. The van der Waals surface area contributed by atoms with Crippen LogP contribution >= 0.6 is 11.6 Å². The second-order valence-corrected chi connectivity index (χ2v) is 4.70. The summed E-state index contributed by atoms with van der Waals surface area (Å²) >= 11 is 5.64. The quantitative estimate of drug-likeness (QED) is 0.788. The third-order valence-corrected chi connectivity index (χ3v) is 3.31. The summed E-state index contributed by atoms with van der Waals surface area (Å²) in [5, 5.41) is 7.91. The van der Waals surface area contributed by atoms with Crippen LogP contribution in [0, 0.1) is 5.92 Å². The zero-order chi connectivity index (χ0) is 13.0. The number of nitrogens with zero attached hydrogens (tertiary/aromatic N) is 2. The van der Waals surface area contributed by atoms with Gasteiger partial charge in [0.2, 0.25) is 5.88 Å². The minimum Gasteiger partial charge on any atom is -0.473 e. The first kappa shape index (κ1) is 13.1.